The maximum absolute atomic E-state index is 13.6. The fourth-order valence-corrected chi connectivity index (χ4v) is 5.60. The molecule has 1 aromatic heterocycles. The second kappa shape index (κ2) is 11.0. The second-order valence-electron chi connectivity index (χ2n) is 7.91. The van der Waals surface area contributed by atoms with Crippen molar-refractivity contribution >= 4 is 34.9 Å². The molecular formula is C26H28N2O3S2. The van der Waals surface area contributed by atoms with Gasteiger partial charge in [0.15, 0.2) is 0 Å². The highest BCUT2D eigenvalue weighted by molar-refractivity contribution is 7.98. The van der Waals surface area contributed by atoms with Crippen LogP contribution in [0.25, 0.3) is 0 Å². The average molecular weight is 481 g/mol. The van der Waals surface area contributed by atoms with Gasteiger partial charge in [-0.05, 0) is 53.4 Å². The van der Waals surface area contributed by atoms with E-state index in [0.29, 0.717) is 25.3 Å². The number of rotatable bonds is 9. The molecule has 7 heteroatoms. The summed E-state index contributed by atoms with van der Waals surface area (Å²) in [5, 5.41) is 5.13. The number of methoxy groups -OCH3 is 1. The summed E-state index contributed by atoms with van der Waals surface area (Å²) in [6.45, 7) is 1.38. The molecule has 0 bridgehead atoms. The number of fused-ring (bicyclic) bond motifs is 1. The van der Waals surface area contributed by atoms with Gasteiger partial charge >= 0.3 is 0 Å². The molecule has 3 aromatic rings. The first kappa shape index (κ1) is 23.5. The van der Waals surface area contributed by atoms with Gasteiger partial charge in [0, 0.05) is 35.5 Å². The summed E-state index contributed by atoms with van der Waals surface area (Å²) in [5.41, 5.74) is 2.56. The third-order valence-corrected chi connectivity index (χ3v) is 7.65. The Morgan fingerprint density at radius 1 is 1.12 bits per heavy atom. The van der Waals surface area contributed by atoms with E-state index in [1.807, 2.05) is 41.8 Å². The maximum atomic E-state index is 13.6. The molecule has 33 heavy (non-hydrogen) atoms. The molecule has 172 valence electrons. The zero-order chi connectivity index (χ0) is 23.2. The fourth-order valence-electron chi connectivity index (χ4n) is 4.32. The topological polar surface area (TPSA) is 58.6 Å². The smallest absolute Gasteiger partial charge is 0.254 e. The van der Waals surface area contributed by atoms with E-state index in [0.717, 1.165) is 16.9 Å². The van der Waals surface area contributed by atoms with Crippen LogP contribution in [0.5, 0.6) is 0 Å². The van der Waals surface area contributed by atoms with Crippen LogP contribution < -0.4 is 5.32 Å². The third-order valence-electron chi connectivity index (χ3n) is 5.96. The summed E-state index contributed by atoms with van der Waals surface area (Å²) in [6, 6.07) is 19.5. The molecule has 1 aliphatic heterocycles. The summed E-state index contributed by atoms with van der Waals surface area (Å²) < 4.78 is 5.28. The normalized spacial score (nSPS) is 17.6. The zero-order valence-electron chi connectivity index (χ0n) is 18.8. The van der Waals surface area contributed by atoms with Gasteiger partial charge < -0.3 is 15.0 Å². The number of carbonyl (C=O) groups excluding carboxylic acids is 2. The van der Waals surface area contributed by atoms with E-state index in [1.165, 1.54) is 10.5 Å². The Morgan fingerprint density at radius 3 is 2.61 bits per heavy atom. The molecule has 0 saturated heterocycles. The summed E-state index contributed by atoms with van der Waals surface area (Å²) in [5.74, 6) is -0.594. The Kier molecular flexibility index (Phi) is 7.85. The molecular weight excluding hydrogens is 452 g/mol. The van der Waals surface area contributed by atoms with E-state index in [-0.39, 0.29) is 17.9 Å². The Bertz CT molecular complexity index is 1080. The second-order valence-corrected chi connectivity index (χ2v) is 9.76. The SMILES string of the molecule is COCCN1C(=O)c2ccccc2C(C(=O)NCCc2ccc(SC)cc2)C1c1cccs1. The minimum Gasteiger partial charge on any atom is -0.383 e. The van der Waals surface area contributed by atoms with Crippen LogP contribution in [0.2, 0.25) is 0 Å². The highest BCUT2D eigenvalue weighted by Crippen LogP contribution is 2.44. The minimum absolute atomic E-state index is 0.0565. The van der Waals surface area contributed by atoms with E-state index in [4.69, 9.17) is 4.74 Å². The molecule has 0 spiro atoms. The van der Waals surface area contributed by atoms with Crippen molar-refractivity contribution in [1.82, 2.24) is 10.2 Å². The van der Waals surface area contributed by atoms with Gasteiger partial charge in [0.05, 0.1) is 18.6 Å². The summed E-state index contributed by atoms with van der Waals surface area (Å²) in [6.07, 6.45) is 2.81. The molecule has 1 N–H and O–H groups in total. The molecule has 4 rings (SSSR count). The quantitative estimate of drug-likeness (QED) is 0.449. The standard InChI is InChI=1S/C26H28N2O3S2/c1-31-16-15-28-24(22-8-5-17-33-22)23(20-6-3-4-7-21(20)26(28)30)25(29)27-14-13-18-9-11-19(32-2)12-10-18/h3-12,17,23-24H,13-16H2,1-2H3,(H,27,29). The molecule has 2 atom stereocenters. The lowest BCUT2D eigenvalue weighted by molar-refractivity contribution is -0.124. The summed E-state index contributed by atoms with van der Waals surface area (Å²) in [4.78, 5) is 31.0. The van der Waals surface area contributed by atoms with Crippen LogP contribution in [0, 0.1) is 0 Å². The van der Waals surface area contributed by atoms with Crippen molar-refractivity contribution in [3.05, 3.63) is 87.6 Å². The van der Waals surface area contributed by atoms with Crippen LogP contribution in [-0.2, 0) is 16.0 Å². The van der Waals surface area contributed by atoms with Gasteiger partial charge in [-0.25, -0.2) is 0 Å². The number of ether oxygens (including phenoxy) is 1. The zero-order valence-corrected chi connectivity index (χ0v) is 20.5. The van der Waals surface area contributed by atoms with Crippen LogP contribution in [0.15, 0.2) is 70.9 Å². The lowest BCUT2D eigenvalue weighted by Crippen LogP contribution is -2.48. The van der Waals surface area contributed by atoms with E-state index < -0.39 is 5.92 Å². The molecule has 2 unspecified atom stereocenters. The van der Waals surface area contributed by atoms with Crippen LogP contribution in [0.4, 0.5) is 0 Å². The molecule has 0 fully saturated rings. The lowest BCUT2D eigenvalue weighted by atomic mass is 9.81. The number of nitrogens with zero attached hydrogens (tertiary/aromatic N) is 1. The highest BCUT2D eigenvalue weighted by atomic mass is 32.2. The molecule has 2 amide bonds. The predicted molar refractivity (Wildman–Crippen MR) is 134 cm³/mol. The number of carbonyl (C=O) groups is 2. The van der Waals surface area contributed by atoms with E-state index in [9.17, 15) is 9.59 Å². The van der Waals surface area contributed by atoms with Gasteiger partial charge in [-0.2, -0.15) is 0 Å². The van der Waals surface area contributed by atoms with Crippen molar-refractivity contribution in [1.29, 1.82) is 0 Å². The van der Waals surface area contributed by atoms with Crippen LogP contribution in [-0.4, -0.2) is 49.8 Å². The van der Waals surface area contributed by atoms with Crippen LogP contribution >= 0.6 is 23.1 Å². The first-order valence-electron chi connectivity index (χ1n) is 11.0. The first-order valence-corrected chi connectivity index (χ1v) is 13.1. The molecule has 2 aromatic carbocycles. The van der Waals surface area contributed by atoms with Crippen molar-refractivity contribution in [3.63, 3.8) is 0 Å². The number of hydrogen-bond acceptors (Lipinski definition) is 5. The van der Waals surface area contributed by atoms with E-state index in [1.54, 1.807) is 35.1 Å². The monoisotopic (exact) mass is 480 g/mol. The summed E-state index contributed by atoms with van der Waals surface area (Å²) in [7, 11) is 1.62. The average Bonchev–Trinajstić information content (AvgIpc) is 3.38. The summed E-state index contributed by atoms with van der Waals surface area (Å²) >= 11 is 3.29. The maximum Gasteiger partial charge on any atom is 0.254 e. The van der Waals surface area contributed by atoms with Gasteiger partial charge in [-0.1, -0.05) is 36.4 Å². The molecule has 2 heterocycles. The number of thioether (sulfide) groups is 1. The van der Waals surface area contributed by atoms with Gasteiger partial charge in [0.1, 0.15) is 0 Å². The number of benzene rings is 2. The van der Waals surface area contributed by atoms with Gasteiger partial charge in [0.2, 0.25) is 5.91 Å². The van der Waals surface area contributed by atoms with Crippen LogP contribution in [0.1, 0.15) is 38.3 Å². The lowest BCUT2D eigenvalue weighted by Gasteiger charge is -2.41. The Labute approximate surface area is 203 Å². The molecule has 0 saturated carbocycles. The van der Waals surface area contributed by atoms with Crippen LogP contribution in [0.3, 0.4) is 0 Å². The van der Waals surface area contributed by atoms with Crippen molar-refractivity contribution in [2.24, 2.45) is 0 Å². The molecule has 0 aliphatic carbocycles. The van der Waals surface area contributed by atoms with Gasteiger partial charge in [-0.15, -0.1) is 23.1 Å². The van der Waals surface area contributed by atoms with E-state index in [2.05, 4.69) is 35.8 Å². The van der Waals surface area contributed by atoms with Crippen molar-refractivity contribution < 1.29 is 14.3 Å². The van der Waals surface area contributed by atoms with Gasteiger partial charge in [0.25, 0.3) is 5.91 Å². The minimum atomic E-state index is -0.478. The number of thiophene rings is 1. The first-order chi connectivity index (χ1) is 16.1. The highest BCUT2D eigenvalue weighted by Gasteiger charge is 2.44. The van der Waals surface area contributed by atoms with Crippen molar-refractivity contribution in [2.75, 3.05) is 33.1 Å². The molecule has 1 aliphatic rings. The molecule has 0 radical (unpaired) electrons. The fraction of sp³-hybridized carbons (Fsp3) is 0.308. The van der Waals surface area contributed by atoms with Crippen molar-refractivity contribution in [3.8, 4) is 0 Å². The Balaban J connectivity index is 1.60. The van der Waals surface area contributed by atoms with Gasteiger partial charge in [-0.3, -0.25) is 9.59 Å². The van der Waals surface area contributed by atoms with E-state index >= 15 is 0 Å². The largest absolute Gasteiger partial charge is 0.383 e. The number of hydrogen-bond donors (Lipinski definition) is 1. The number of nitrogens with one attached hydrogen (secondary N) is 1. The van der Waals surface area contributed by atoms with Crippen molar-refractivity contribution in [2.45, 2.75) is 23.3 Å². The number of amides is 2. The Hall–Kier alpha value is -2.61. The molecule has 5 nitrogen and oxygen atoms in total. The Morgan fingerprint density at radius 2 is 1.91 bits per heavy atom. The predicted octanol–water partition coefficient (Wildman–Crippen LogP) is 4.76. The third kappa shape index (κ3) is 5.16.